The lowest BCUT2D eigenvalue weighted by Crippen LogP contribution is -2.40. The van der Waals surface area contributed by atoms with Gasteiger partial charge in [0, 0.05) is 43.5 Å². The second-order valence-corrected chi connectivity index (χ2v) is 9.59. The fourth-order valence-electron chi connectivity index (χ4n) is 4.60. The highest BCUT2D eigenvalue weighted by Crippen LogP contribution is 2.36. The molecule has 0 bridgehead atoms. The zero-order valence-corrected chi connectivity index (χ0v) is 21.3. The maximum absolute atomic E-state index is 13.1. The number of rotatable bonds is 8. The number of hydrogen-bond donors (Lipinski definition) is 2. The number of carbonyl (C=O) groups excluding carboxylic acids is 2. The zero-order valence-electron chi connectivity index (χ0n) is 21.3. The molecule has 0 spiro atoms. The van der Waals surface area contributed by atoms with Gasteiger partial charge in [-0.1, -0.05) is 18.6 Å². The summed E-state index contributed by atoms with van der Waals surface area (Å²) in [7, 11) is 3.80. The summed E-state index contributed by atoms with van der Waals surface area (Å²) in [6.45, 7) is 5.06. The third-order valence-corrected chi connectivity index (χ3v) is 6.37. The van der Waals surface area contributed by atoms with E-state index in [0.29, 0.717) is 17.3 Å². The number of hydrogen-bond acceptors (Lipinski definition) is 7. The standard InChI is InChI=1S/C26H34N8O2/c1-17(2)34-22(11-12-29-34)30-23(35)16-33-13-6-5-10-21(33)24-20(15-28-26(31-24)32(3)4)18-8-7-9-19(14-18)25(27)36/h7-9,11-12,14-15,17,21H,5-6,10,13,16H2,1-4H3,(H2,27,36)(H,30,35)/t21-/m1/s1. The van der Waals surface area contributed by atoms with E-state index in [1.807, 2.05) is 51.0 Å². The van der Waals surface area contributed by atoms with Gasteiger partial charge in [0.2, 0.25) is 17.8 Å². The smallest absolute Gasteiger partial charge is 0.248 e. The molecule has 0 saturated carbocycles. The monoisotopic (exact) mass is 490 g/mol. The normalized spacial score (nSPS) is 16.2. The van der Waals surface area contributed by atoms with Gasteiger partial charge in [-0.25, -0.2) is 14.6 Å². The number of carbonyl (C=O) groups is 2. The molecule has 1 atom stereocenters. The summed E-state index contributed by atoms with van der Waals surface area (Å²) in [6, 6.07) is 9.07. The summed E-state index contributed by atoms with van der Waals surface area (Å²) in [5.74, 6) is 0.698. The molecule has 1 aromatic carbocycles. The number of nitrogens with one attached hydrogen (secondary N) is 1. The quantitative estimate of drug-likeness (QED) is 0.497. The van der Waals surface area contributed by atoms with E-state index in [2.05, 4.69) is 20.3 Å². The van der Waals surface area contributed by atoms with Crippen LogP contribution in [-0.4, -0.2) is 63.6 Å². The second kappa shape index (κ2) is 10.9. The maximum Gasteiger partial charge on any atom is 0.248 e. The topological polar surface area (TPSA) is 122 Å². The highest BCUT2D eigenvalue weighted by atomic mass is 16.2. The zero-order chi connectivity index (χ0) is 25.8. The van der Waals surface area contributed by atoms with E-state index >= 15 is 0 Å². The lowest BCUT2D eigenvalue weighted by molar-refractivity contribution is -0.118. The van der Waals surface area contributed by atoms with Crippen molar-refractivity contribution >= 4 is 23.6 Å². The Balaban J connectivity index is 1.66. The molecule has 4 rings (SSSR count). The van der Waals surface area contributed by atoms with Crippen LogP contribution in [0.1, 0.15) is 61.2 Å². The van der Waals surface area contributed by atoms with Crippen LogP contribution in [0.3, 0.4) is 0 Å². The van der Waals surface area contributed by atoms with E-state index in [0.717, 1.165) is 42.6 Å². The fraction of sp³-hybridized carbons (Fsp3) is 0.423. The van der Waals surface area contributed by atoms with Gasteiger partial charge in [0.25, 0.3) is 0 Å². The molecule has 0 unspecified atom stereocenters. The van der Waals surface area contributed by atoms with Gasteiger partial charge in [0.05, 0.1) is 24.5 Å². The average Bonchev–Trinajstić information content (AvgIpc) is 3.32. The first-order chi connectivity index (χ1) is 17.2. The van der Waals surface area contributed by atoms with Crippen molar-refractivity contribution in [3.05, 3.63) is 54.0 Å². The van der Waals surface area contributed by atoms with Gasteiger partial charge in [0.15, 0.2) is 0 Å². The number of nitrogens with two attached hydrogens (primary N) is 1. The first-order valence-corrected chi connectivity index (χ1v) is 12.3. The molecule has 2 amide bonds. The minimum absolute atomic E-state index is 0.0755. The van der Waals surface area contributed by atoms with Crippen molar-refractivity contribution in [1.82, 2.24) is 24.6 Å². The first-order valence-electron chi connectivity index (χ1n) is 12.3. The lowest BCUT2D eigenvalue weighted by Gasteiger charge is -2.36. The van der Waals surface area contributed by atoms with Gasteiger partial charge in [-0.05, 0) is 50.9 Å². The Morgan fingerprint density at radius 3 is 2.75 bits per heavy atom. The van der Waals surface area contributed by atoms with Crippen molar-refractivity contribution in [2.75, 3.05) is 37.4 Å². The maximum atomic E-state index is 13.1. The van der Waals surface area contributed by atoms with Gasteiger partial charge in [-0.15, -0.1) is 0 Å². The van der Waals surface area contributed by atoms with Crippen molar-refractivity contribution in [3.8, 4) is 11.1 Å². The highest BCUT2D eigenvalue weighted by Gasteiger charge is 2.30. The molecule has 3 N–H and O–H groups in total. The van der Waals surface area contributed by atoms with Crippen LogP contribution in [0.4, 0.5) is 11.8 Å². The fourth-order valence-corrected chi connectivity index (χ4v) is 4.60. The highest BCUT2D eigenvalue weighted by molar-refractivity contribution is 5.94. The van der Waals surface area contributed by atoms with Crippen molar-refractivity contribution in [1.29, 1.82) is 0 Å². The van der Waals surface area contributed by atoms with Crippen molar-refractivity contribution in [2.24, 2.45) is 5.73 Å². The molecule has 3 heterocycles. The second-order valence-electron chi connectivity index (χ2n) is 9.59. The SMILES string of the molecule is CC(C)n1nccc1NC(=O)CN1CCCC[C@@H]1c1nc(N(C)C)ncc1-c1cccc(C(N)=O)c1. The molecule has 1 saturated heterocycles. The summed E-state index contributed by atoms with van der Waals surface area (Å²) >= 11 is 0. The van der Waals surface area contributed by atoms with Gasteiger partial charge in [0.1, 0.15) is 5.82 Å². The van der Waals surface area contributed by atoms with Crippen LogP contribution in [-0.2, 0) is 4.79 Å². The molecule has 190 valence electrons. The Bertz CT molecular complexity index is 1240. The van der Waals surface area contributed by atoms with Gasteiger partial charge < -0.3 is 16.0 Å². The Morgan fingerprint density at radius 1 is 1.22 bits per heavy atom. The third kappa shape index (κ3) is 5.54. The van der Waals surface area contributed by atoms with E-state index < -0.39 is 5.91 Å². The van der Waals surface area contributed by atoms with Crippen LogP contribution >= 0.6 is 0 Å². The number of likely N-dealkylation sites (tertiary alicyclic amines) is 1. The number of aromatic nitrogens is 4. The van der Waals surface area contributed by atoms with Crippen molar-refractivity contribution in [2.45, 2.75) is 45.2 Å². The molecule has 3 aromatic rings. The van der Waals surface area contributed by atoms with Crippen molar-refractivity contribution in [3.63, 3.8) is 0 Å². The van der Waals surface area contributed by atoms with Crippen LogP contribution in [0.2, 0.25) is 0 Å². The molecule has 36 heavy (non-hydrogen) atoms. The Labute approximate surface area is 211 Å². The number of nitrogens with zero attached hydrogens (tertiary/aromatic N) is 6. The summed E-state index contributed by atoms with van der Waals surface area (Å²) in [5, 5.41) is 7.32. The summed E-state index contributed by atoms with van der Waals surface area (Å²) in [4.78, 5) is 38.4. The minimum Gasteiger partial charge on any atom is -0.366 e. The number of primary amides is 1. The van der Waals surface area contributed by atoms with Crippen LogP contribution < -0.4 is 16.0 Å². The van der Waals surface area contributed by atoms with Gasteiger partial charge in [-0.2, -0.15) is 5.10 Å². The molecule has 1 fully saturated rings. The van der Waals surface area contributed by atoms with Crippen LogP contribution in [0.25, 0.3) is 11.1 Å². The predicted octanol–water partition coefficient (Wildman–Crippen LogP) is 3.25. The van der Waals surface area contributed by atoms with E-state index in [4.69, 9.17) is 10.7 Å². The van der Waals surface area contributed by atoms with Crippen LogP contribution in [0.5, 0.6) is 0 Å². The largest absolute Gasteiger partial charge is 0.366 e. The lowest BCUT2D eigenvalue weighted by atomic mass is 9.93. The number of piperidine rings is 1. The van der Waals surface area contributed by atoms with E-state index in [-0.39, 0.29) is 24.5 Å². The van der Waals surface area contributed by atoms with E-state index in [1.165, 1.54) is 0 Å². The Morgan fingerprint density at radius 2 is 2.03 bits per heavy atom. The molecular formula is C26H34N8O2. The van der Waals surface area contributed by atoms with Gasteiger partial charge >= 0.3 is 0 Å². The summed E-state index contributed by atoms with van der Waals surface area (Å²) in [5.41, 5.74) is 8.46. The Hall–Kier alpha value is -3.79. The summed E-state index contributed by atoms with van der Waals surface area (Å²) < 4.78 is 1.79. The third-order valence-electron chi connectivity index (χ3n) is 6.37. The van der Waals surface area contributed by atoms with Crippen LogP contribution in [0, 0.1) is 0 Å². The van der Waals surface area contributed by atoms with Crippen molar-refractivity contribution < 1.29 is 9.59 Å². The minimum atomic E-state index is -0.485. The molecule has 2 aromatic heterocycles. The van der Waals surface area contributed by atoms with E-state index in [9.17, 15) is 9.59 Å². The molecule has 0 aliphatic carbocycles. The molecule has 1 aliphatic rings. The molecule has 1 aliphatic heterocycles. The van der Waals surface area contributed by atoms with E-state index in [1.54, 1.807) is 29.2 Å². The number of amides is 2. The average molecular weight is 491 g/mol. The first kappa shape index (κ1) is 25.3. The number of benzene rings is 1. The molecule has 0 radical (unpaired) electrons. The van der Waals surface area contributed by atoms with Crippen LogP contribution in [0.15, 0.2) is 42.7 Å². The molecule has 10 nitrogen and oxygen atoms in total. The number of anilines is 2. The summed E-state index contributed by atoms with van der Waals surface area (Å²) in [6.07, 6.45) is 6.39. The molecular weight excluding hydrogens is 456 g/mol. The Kier molecular flexibility index (Phi) is 7.64. The van der Waals surface area contributed by atoms with Gasteiger partial charge in [-0.3, -0.25) is 14.5 Å². The predicted molar refractivity (Wildman–Crippen MR) is 140 cm³/mol. The molecule has 10 heteroatoms.